The summed E-state index contributed by atoms with van der Waals surface area (Å²) < 4.78 is 1.71. The summed E-state index contributed by atoms with van der Waals surface area (Å²) in [5.74, 6) is -0.967. The summed E-state index contributed by atoms with van der Waals surface area (Å²) in [7, 11) is 1.83. The first kappa shape index (κ1) is 21.3. The van der Waals surface area contributed by atoms with Gasteiger partial charge in [-0.3, -0.25) is 19.4 Å². The van der Waals surface area contributed by atoms with Gasteiger partial charge in [0.25, 0.3) is 0 Å². The molecule has 0 spiro atoms. The number of hydrogen-bond donors (Lipinski definition) is 2. The predicted molar refractivity (Wildman–Crippen MR) is 120 cm³/mol. The molecule has 2 atom stereocenters. The Hall–Kier alpha value is -2.93. The summed E-state index contributed by atoms with van der Waals surface area (Å²) in [6, 6.07) is 7.32. The van der Waals surface area contributed by atoms with Gasteiger partial charge in [-0.25, -0.2) is 0 Å². The van der Waals surface area contributed by atoms with Crippen molar-refractivity contribution in [3.05, 3.63) is 52.4 Å². The van der Waals surface area contributed by atoms with Crippen molar-refractivity contribution < 1.29 is 9.59 Å². The van der Waals surface area contributed by atoms with E-state index in [4.69, 9.17) is 11.6 Å². The third-order valence-corrected chi connectivity index (χ3v) is 6.50. The molecule has 1 aromatic carbocycles. The van der Waals surface area contributed by atoms with Crippen LogP contribution in [0.3, 0.4) is 0 Å². The van der Waals surface area contributed by atoms with E-state index in [2.05, 4.69) is 20.6 Å². The van der Waals surface area contributed by atoms with E-state index in [9.17, 15) is 9.59 Å². The second-order valence-electron chi connectivity index (χ2n) is 8.24. The van der Waals surface area contributed by atoms with Crippen LogP contribution in [0.1, 0.15) is 47.4 Å². The average Bonchev–Trinajstić information content (AvgIpc) is 3.34. The maximum Gasteiger partial charge on any atom is 0.228 e. The van der Waals surface area contributed by atoms with E-state index < -0.39 is 0 Å². The van der Waals surface area contributed by atoms with Crippen LogP contribution in [0.2, 0.25) is 5.02 Å². The van der Waals surface area contributed by atoms with Gasteiger partial charge in [0, 0.05) is 30.0 Å². The third-order valence-electron chi connectivity index (χ3n) is 6.18. The zero-order chi connectivity index (χ0) is 22.1. The first-order valence-corrected chi connectivity index (χ1v) is 10.9. The minimum absolute atomic E-state index is 0.0694. The number of amides is 1. The number of carbonyl (C=O) groups is 2. The molecule has 0 radical (unpaired) electrons. The van der Waals surface area contributed by atoms with Crippen LogP contribution >= 0.6 is 11.6 Å². The van der Waals surface area contributed by atoms with Crippen LogP contribution in [0.5, 0.6) is 0 Å². The second kappa shape index (κ2) is 8.67. The summed E-state index contributed by atoms with van der Waals surface area (Å²) in [6.45, 7) is 3.80. The van der Waals surface area contributed by atoms with Crippen molar-refractivity contribution in [2.45, 2.75) is 39.5 Å². The number of hydrogen-bond acceptors (Lipinski definition) is 4. The van der Waals surface area contributed by atoms with Gasteiger partial charge >= 0.3 is 0 Å². The molecule has 1 fully saturated rings. The van der Waals surface area contributed by atoms with E-state index in [1.807, 2.05) is 33.0 Å². The highest BCUT2D eigenvalue weighted by molar-refractivity contribution is 6.34. The summed E-state index contributed by atoms with van der Waals surface area (Å²) in [5, 5.41) is 14.6. The average molecular weight is 440 g/mol. The van der Waals surface area contributed by atoms with Gasteiger partial charge in [0.2, 0.25) is 5.91 Å². The Morgan fingerprint density at radius 1 is 1.16 bits per heavy atom. The van der Waals surface area contributed by atoms with Crippen LogP contribution in [0, 0.1) is 25.7 Å². The largest absolute Gasteiger partial charge is 0.323 e. The molecule has 2 aromatic heterocycles. The Morgan fingerprint density at radius 2 is 1.90 bits per heavy atom. The molecule has 8 heteroatoms. The zero-order valence-corrected chi connectivity index (χ0v) is 18.7. The molecular weight excluding hydrogens is 414 g/mol. The summed E-state index contributed by atoms with van der Waals surface area (Å²) in [6.07, 6.45) is 4.86. The number of aromatic amines is 1. The van der Waals surface area contributed by atoms with E-state index in [1.165, 1.54) is 0 Å². The molecule has 3 aromatic rings. The lowest BCUT2D eigenvalue weighted by Crippen LogP contribution is -2.36. The topological polar surface area (TPSA) is 92.7 Å². The highest BCUT2D eigenvalue weighted by Gasteiger charge is 2.37. The molecule has 1 aliphatic carbocycles. The highest BCUT2D eigenvalue weighted by Crippen LogP contribution is 2.36. The van der Waals surface area contributed by atoms with Crippen LogP contribution in [0.4, 0.5) is 5.69 Å². The fraction of sp³-hybridized carbons (Fsp3) is 0.391. The molecule has 7 nitrogen and oxygen atoms in total. The smallest absolute Gasteiger partial charge is 0.228 e. The van der Waals surface area contributed by atoms with Crippen molar-refractivity contribution in [3.63, 3.8) is 0 Å². The molecule has 1 aliphatic rings. The number of benzene rings is 1. The third kappa shape index (κ3) is 4.28. The number of nitrogens with one attached hydrogen (secondary N) is 2. The lowest BCUT2D eigenvalue weighted by atomic mass is 9.75. The van der Waals surface area contributed by atoms with Crippen molar-refractivity contribution in [2.24, 2.45) is 18.9 Å². The van der Waals surface area contributed by atoms with Crippen molar-refractivity contribution in [3.8, 4) is 11.3 Å². The number of Topliss-reactive ketones (excluding diaryl/α,β-unsaturated/α-hetero) is 1. The van der Waals surface area contributed by atoms with E-state index in [-0.39, 0.29) is 23.5 Å². The molecule has 31 heavy (non-hydrogen) atoms. The fourth-order valence-electron chi connectivity index (χ4n) is 4.26. The molecule has 2 heterocycles. The van der Waals surface area contributed by atoms with Gasteiger partial charge in [-0.15, -0.1) is 0 Å². The minimum atomic E-state index is -0.386. The maximum atomic E-state index is 13.4. The standard InChI is InChI=1S/C23H26ClN5O2/c1-13-10-20(28-27-13)15-8-9-18(19(24)11-15)22(30)16-6-4-5-7-17(16)23(31)26-21-12-25-29(3)14(21)2/h8-12,16-17H,4-7H2,1-3H3,(H,26,31)(H,27,28). The molecular formula is C23H26ClN5O2. The Balaban J connectivity index is 1.55. The number of anilines is 1. The zero-order valence-electron chi connectivity index (χ0n) is 17.9. The number of carbonyl (C=O) groups excluding carboxylic acids is 2. The lowest BCUT2D eigenvalue weighted by Gasteiger charge is -2.29. The number of halogens is 1. The molecule has 2 N–H and O–H groups in total. The van der Waals surface area contributed by atoms with Gasteiger partial charge in [0.1, 0.15) is 0 Å². The quantitative estimate of drug-likeness (QED) is 0.563. The second-order valence-corrected chi connectivity index (χ2v) is 8.64. The Labute approximate surface area is 186 Å². The van der Waals surface area contributed by atoms with Gasteiger partial charge in [0.05, 0.1) is 34.0 Å². The van der Waals surface area contributed by atoms with Gasteiger partial charge in [-0.05, 0) is 44.9 Å². The Bertz CT molecular complexity index is 1130. The normalized spacial score (nSPS) is 18.7. The number of nitrogens with zero attached hydrogens (tertiary/aromatic N) is 3. The molecule has 0 aliphatic heterocycles. The van der Waals surface area contributed by atoms with E-state index in [0.717, 1.165) is 35.5 Å². The molecule has 1 amide bonds. The molecule has 0 bridgehead atoms. The molecule has 4 rings (SSSR count). The van der Waals surface area contributed by atoms with Crippen LogP contribution in [0.25, 0.3) is 11.3 Å². The van der Waals surface area contributed by atoms with Crippen molar-refractivity contribution in [1.82, 2.24) is 20.0 Å². The Kier molecular flexibility index (Phi) is 5.96. The number of aromatic nitrogens is 4. The van der Waals surface area contributed by atoms with Gasteiger partial charge in [0.15, 0.2) is 5.78 Å². The van der Waals surface area contributed by atoms with E-state index in [1.54, 1.807) is 23.0 Å². The van der Waals surface area contributed by atoms with Crippen molar-refractivity contribution in [2.75, 3.05) is 5.32 Å². The van der Waals surface area contributed by atoms with Crippen molar-refractivity contribution >= 4 is 29.0 Å². The van der Waals surface area contributed by atoms with Crippen LogP contribution < -0.4 is 5.32 Å². The lowest BCUT2D eigenvalue weighted by molar-refractivity contribution is -0.122. The predicted octanol–water partition coefficient (Wildman–Crippen LogP) is 4.71. The maximum absolute atomic E-state index is 13.4. The van der Waals surface area contributed by atoms with Crippen LogP contribution in [0.15, 0.2) is 30.5 Å². The van der Waals surface area contributed by atoms with Crippen LogP contribution in [-0.2, 0) is 11.8 Å². The van der Waals surface area contributed by atoms with E-state index >= 15 is 0 Å². The van der Waals surface area contributed by atoms with E-state index in [0.29, 0.717) is 29.1 Å². The number of rotatable bonds is 5. The number of aryl methyl sites for hydroxylation is 2. The molecule has 162 valence electrons. The van der Waals surface area contributed by atoms with Crippen LogP contribution in [-0.4, -0.2) is 31.7 Å². The monoisotopic (exact) mass is 439 g/mol. The summed E-state index contributed by atoms with van der Waals surface area (Å²) in [4.78, 5) is 26.5. The van der Waals surface area contributed by atoms with Crippen molar-refractivity contribution in [1.29, 1.82) is 0 Å². The number of H-pyrrole nitrogens is 1. The van der Waals surface area contributed by atoms with Gasteiger partial charge in [-0.1, -0.05) is 30.5 Å². The molecule has 1 saturated carbocycles. The summed E-state index contributed by atoms with van der Waals surface area (Å²) >= 11 is 6.51. The minimum Gasteiger partial charge on any atom is -0.323 e. The Morgan fingerprint density at radius 3 is 2.52 bits per heavy atom. The van der Waals surface area contributed by atoms with Gasteiger partial charge < -0.3 is 5.32 Å². The SMILES string of the molecule is Cc1cc(-c2ccc(C(=O)C3CCCCC3C(=O)Nc3cnn(C)c3C)c(Cl)c2)[nH]n1. The summed E-state index contributed by atoms with van der Waals surface area (Å²) in [5.41, 5.74) is 4.61. The fourth-order valence-corrected chi connectivity index (χ4v) is 4.53. The van der Waals surface area contributed by atoms with Gasteiger partial charge in [-0.2, -0.15) is 10.2 Å². The molecule has 2 unspecified atom stereocenters. The molecule has 0 saturated heterocycles. The first-order chi connectivity index (χ1) is 14.8. The first-order valence-electron chi connectivity index (χ1n) is 10.5. The highest BCUT2D eigenvalue weighted by atomic mass is 35.5. The number of ketones is 1.